The second kappa shape index (κ2) is 10.7. The number of amides is 1. The SMILES string of the molecule is COc1ccc(C(=O)N2CCCCCC2c2ccncc2)cc1S(=O)(=O)N1CCCCCC1. The lowest BCUT2D eigenvalue weighted by Gasteiger charge is -2.31. The van der Waals surface area contributed by atoms with Gasteiger partial charge in [0.15, 0.2) is 0 Å². The molecule has 0 bridgehead atoms. The maximum absolute atomic E-state index is 13.7. The minimum absolute atomic E-state index is 0.0456. The van der Waals surface area contributed by atoms with Crippen LogP contribution in [0.25, 0.3) is 0 Å². The van der Waals surface area contributed by atoms with E-state index in [1.54, 1.807) is 24.5 Å². The van der Waals surface area contributed by atoms with Crippen molar-refractivity contribution >= 4 is 15.9 Å². The van der Waals surface area contributed by atoms with E-state index in [4.69, 9.17) is 4.74 Å². The highest BCUT2D eigenvalue weighted by Gasteiger charge is 2.32. The lowest BCUT2D eigenvalue weighted by molar-refractivity contribution is 0.0680. The molecule has 0 spiro atoms. The van der Waals surface area contributed by atoms with Gasteiger partial charge in [-0.2, -0.15) is 4.31 Å². The third-order valence-electron chi connectivity index (χ3n) is 6.70. The van der Waals surface area contributed by atoms with E-state index in [2.05, 4.69) is 4.98 Å². The van der Waals surface area contributed by atoms with Gasteiger partial charge in [-0.1, -0.05) is 25.7 Å². The molecule has 1 amide bonds. The fourth-order valence-electron chi connectivity index (χ4n) is 4.88. The van der Waals surface area contributed by atoms with Crippen LogP contribution in [0.4, 0.5) is 0 Å². The lowest BCUT2D eigenvalue weighted by atomic mass is 10.0. The van der Waals surface area contributed by atoms with Gasteiger partial charge in [0.25, 0.3) is 5.91 Å². The highest BCUT2D eigenvalue weighted by atomic mass is 32.2. The molecule has 4 rings (SSSR count). The first-order valence-electron chi connectivity index (χ1n) is 11.9. The Kier molecular flexibility index (Phi) is 7.65. The van der Waals surface area contributed by atoms with Crippen molar-refractivity contribution < 1.29 is 17.9 Å². The molecule has 0 saturated carbocycles. The largest absolute Gasteiger partial charge is 0.495 e. The summed E-state index contributed by atoms with van der Waals surface area (Å²) in [7, 11) is -2.29. The molecule has 2 fully saturated rings. The summed E-state index contributed by atoms with van der Waals surface area (Å²) in [5.74, 6) is 0.131. The molecule has 0 N–H and O–H groups in total. The first kappa shape index (κ1) is 23.7. The average Bonchev–Trinajstić information content (AvgIpc) is 3.27. The van der Waals surface area contributed by atoms with E-state index in [0.29, 0.717) is 25.2 Å². The molecule has 2 saturated heterocycles. The van der Waals surface area contributed by atoms with Crippen molar-refractivity contribution in [2.24, 2.45) is 0 Å². The Morgan fingerprint density at radius 1 is 0.939 bits per heavy atom. The van der Waals surface area contributed by atoms with E-state index in [1.165, 1.54) is 17.5 Å². The zero-order chi connectivity index (χ0) is 23.3. The number of likely N-dealkylation sites (tertiary alicyclic amines) is 1. The molecule has 2 aromatic rings. The molecule has 3 heterocycles. The zero-order valence-electron chi connectivity index (χ0n) is 19.3. The molecule has 1 aromatic carbocycles. The molecule has 7 nitrogen and oxygen atoms in total. The summed E-state index contributed by atoms with van der Waals surface area (Å²) in [4.78, 5) is 19.8. The van der Waals surface area contributed by atoms with Gasteiger partial charge < -0.3 is 9.64 Å². The number of rotatable bonds is 5. The summed E-state index contributed by atoms with van der Waals surface area (Å²) in [6.45, 7) is 1.64. The van der Waals surface area contributed by atoms with E-state index in [0.717, 1.165) is 56.9 Å². The highest BCUT2D eigenvalue weighted by Crippen LogP contribution is 2.34. The number of carbonyl (C=O) groups is 1. The molecule has 2 aliphatic rings. The summed E-state index contributed by atoms with van der Waals surface area (Å²) < 4.78 is 34.0. The normalized spacial score (nSPS) is 20.6. The summed E-state index contributed by atoms with van der Waals surface area (Å²) in [5.41, 5.74) is 1.44. The van der Waals surface area contributed by atoms with Crippen LogP contribution in [-0.4, -0.2) is 55.3 Å². The first-order chi connectivity index (χ1) is 16.0. The van der Waals surface area contributed by atoms with Gasteiger partial charge in [0.1, 0.15) is 10.6 Å². The molecule has 1 unspecified atom stereocenters. The monoisotopic (exact) mass is 471 g/mol. The number of methoxy groups -OCH3 is 1. The van der Waals surface area contributed by atoms with Gasteiger partial charge in [-0.25, -0.2) is 8.42 Å². The predicted molar refractivity (Wildman–Crippen MR) is 127 cm³/mol. The van der Waals surface area contributed by atoms with Crippen LogP contribution in [0.1, 0.15) is 73.3 Å². The molecule has 8 heteroatoms. The van der Waals surface area contributed by atoms with E-state index >= 15 is 0 Å². The number of hydrogen-bond donors (Lipinski definition) is 0. The smallest absolute Gasteiger partial charge is 0.254 e. The number of benzene rings is 1. The molecule has 0 radical (unpaired) electrons. The Labute approximate surface area is 196 Å². The summed E-state index contributed by atoms with van der Waals surface area (Å²) in [6.07, 6.45) is 11.2. The average molecular weight is 472 g/mol. The first-order valence-corrected chi connectivity index (χ1v) is 13.4. The van der Waals surface area contributed by atoms with Crippen molar-refractivity contribution in [3.63, 3.8) is 0 Å². The molecule has 0 aliphatic carbocycles. The molecular formula is C25H33N3O4S. The van der Waals surface area contributed by atoms with Gasteiger partial charge in [-0.3, -0.25) is 9.78 Å². The Morgan fingerprint density at radius 2 is 1.61 bits per heavy atom. The van der Waals surface area contributed by atoms with Crippen molar-refractivity contribution in [3.05, 3.63) is 53.9 Å². The van der Waals surface area contributed by atoms with Gasteiger partial charge >= 0.3 is 0 Å². The second-order valence-corrected chi connectivity index (χ2v) is 10.7. The van der Waals surface area contributed by atoms with Gasteiger partial charge in [-0.15, -0.1) is 0 Å². The predicted octanol–water partition coefficient (Wildman–Crippen LogP) is 4.41. The fourth-order valence-corrected chi connectivity index (χ4v) is 6.58. The maximum Gasteiger partial charge on any atom is 0.254 e. The Balaban J connectivity index is 1.69. The third kappa shape index (κ3) is 5.22. The van der Waals surface area contributed by atoms with Crippen LogP contribution in [0.5, 0.6) is 5.75 Å². The van der Waals surface area contributed by atoms with Crippen LogP contribution in [0.15, 0.2) is 47.6 Å². The Morgan fingerprint density at radius 3 is 2.30 bits per heavy atom. The van der Waals surface area contributed by atoms with E-state index in [9.17, 15) is 13.2 Å². The van der Waals surface area contributed by atoms with Crippen molar-refractivity contribution in [3.8, 4) is 5.75 Å². The quantitative estimate of drug-likeness (QED) is 0.645. The number of pyridine rings is 1. The van der Waals surface area contributed by atoms with Crippen LogP contribution in [-0.2, 0) is 10.0 Å². The van der Waals surface area contributed by atoms with Crippen molar-refractivity contribution in [2.45, 2.75) is 62.3 Å². The van der Waals surface area contributed by atoms with Crippen molar-refractivity contribution in [1.29, 1.82) is 0 Å². The van der Waals surface area contributed by atoms with Crippen LogP contribution < -0.4 is 4.74 Å². The summed E-state index contributed by atoms with van der Waals surface area (Å²) >= 11 is 0. The minimum Gasteiger partial charge on any atom is -0.495 e. The Hall–Kier alpha value is -2.45. The number of carbonyl (C=O) groups excluding carboxylic acids is 1. The number of nitrogens with zero attached hydrogens (tertiary/aromatic N) is 3. The van der Waals surface area contributed by atoms with Crippen molar-refractivity contribution in [1.82, 2.24) is 14.2 Å². The molecule has 178 valence electrons. The zero-order valence-corrected chi connectivity index (χ0v) is 20.1. The maximum atomic E-state index is 13.7. The summed E-state index contributed by atoms with van der Waals surface area (Å²) in [5, 5.41) is 0. The molecule has 2 aliphatic heterocycles. The summed E-state index contributed by atoms with van der Waals surface area (Å²) in [6, 6.07) is 8.67. The van der Waals surface area contributed by atoms with E-state index in [1.807, 2.05) is 17.0 Å². The number of ether oxygens (including phenoxy) is 1. The molecular weight excluding hydrogens is 438 g/mol. The van der Waals surface area contributed by atoms with Crippen LogP contribution in [0.2, 0.25) is 0 Å². The van der Waals surface area contributed by atoms with E-state index in [-0.39, 0.29) is 22.6 Å². The minimum atomic E-state index is -3.76. The molecule has 1 aromatic heterocycles. The molecule has 33 heavy (non-hydrogen) atoms. The highest BCUT2D eigenvalue weighted by molar-refractivity contribution is 7.89. The van der Waals surface area contributed by atoms with Gasteiger partial charge in [0.2, 0.25) is 10.0 Å². The number of hydrogen-bond acceptors (Lipinski definition) is 5. The van der Waals surface area contributed by atoms with Crippen LogP contribution in [0.3, 0.4) is 0 Å². The van der Waals surface area contributed by atoms with E-state index < -0.39 is 10.0 Å². The fraction of sp³-hybridized carbons (Fsp3) is 0.520. The lowest BCUT2D eigenvalue weighted by Crippen LogP contribution is -2.35. The van der Waals surface area contributed by atoms with Gasteiger partial charge in [-0.05, 0) is 61.6 Å². The van der Waals surface area contributed by atoms with Gasteiger partial charge in [0, 0.05) is 37.6 Å². The van der Waals surface area contributed by atoms with Crippen LogP contribution >= 0.6 is 0 Å². The van der Waals surface area contributed by atoms with Crippen molar-refractivity contribution in [2.75, 3.05) is 26.7 Å². The number of sulfonamides is 1. The third-order valence-corrected chi connectivity index (χ3v) is 8.62. The van der Waals surface area contributed by atoms with Gasteiger partial charge in [0.05, 0.1) is 13.2 Å². The molecule has 1 atom stereocenters. The van der Waals surface area contributed by atoms with Crippen LogP contribution in [0, 0.1) is 0 Å². The Bertz CT molecular complexity index is 1050. The topological polar surface area (TPSA) is 79.8 Å². The second-order valence-electron chi connectivity index (χ2n) is 8.83. The number of aromatic nitrogens is 1. The standard InChI is InChI=1S/C25H33N3O4S/c1-32-23-11-10-21(19-24(23)33(30,31)27-16-6-2-3-7-17-27)25(29)28-18-8-4-5-9-22(28)20-12-14-26-15-13-20/h10-15,19,22H,2-9,16-18H2,1H3.